The number of amides is 2. The molecule has 1 fully saturated rings. The zero-order valence-electron chi connectivity index (χ0n) is 14.1. The van der Waals surface area contributed by atoms with Crippen LogP contribution in [0, 0.1) is 0 Å². The Kier molecular flexibility index (Phi) is 6.60. The van der Waals surface area contributed by atoms with Gasteiger partial charge in [0.25, 0.3) is 5.91 Å². The molecule has 0 aromatic heterocycles. The standard InChI is InChI=1S/C20H15BrN2O2S2/c21-15-9-5-10-16(12-15)22-18(24)13-23-19(25)17(27-20(23)26)11-4-8-14-6-2-1-3-7-14/h1-12H,13H2,(H,22,24)/b8-4+,17-11-. The van der Waals surface area contributed by atoms with Crippen molar-refractivity contribution in [2.75, 3.05) is 11.9 Å². The maximum atomic E-state index is 12.5. The van der Waals surface area contributed by atoms with E-state index in [1.54, 1.807) is 18.2 Å². The summed E-state index contributed by atoms with van der Waals surface area (Å²) in [6.07, 6.45) is 5.44. The van der Waals surface area contributed by atoms with Crippen LogP contribution < -0.4 is 5.32 Å². The average Bonchev–Trinajstić information content (AvgIpc) is 2.90. The number of rotatable bonds is 5. The van der Waals surface area contributed by atoms with Crippen molar-refractivity contribution in [3.63, 3.8) is 0 Å². The molecule has 136 valence electrons. The predicted octanol–water partition coefficient (Wildman–Crippen LogP) is 4.85. The molecule has 1 heterocycles. The highest BCUT2D eigenvalue weighted by atomic mass is 79.9. The van der Waals surface area contributed by atoms with Crippen molar-refractivity contribution in [2.24, 2.45) is 0 Å². The van der Waals surface area contributed by atoms with Gasteiger partial charge in [-0.15, -0.1) is 0 Å². The maximum absolute atomic E-state index is 12.5. The molecule has 3 rings (SSSR count). The zero-order chi connectivity index (χ0) is 19.2. The van der Waals surface area contributed by atoms with E-state index in [1.807, 2.05) is 54.6 Å². The molecule has 0 spiro atoms. The largest absolute Gasteiger partial charge is 0.324 e. The third-order valence-electron chi connectivity index (χ3n) is 3.62. The van der Waals surface area contributed by atoms with Gasteiger partial charge in [0.2, 0.25) is 5.91 Å². The number of nitrogens with zero attached hydrogens (tertiary/aromatic N) is 1. The fourth-order valence-electron chi connectivity index (χ4n) is 2.37. The van der Waals surface area contributed by atoms with Gasteiger partial charge in [-0.05, 0) is 29.8 Å². The second-order valence-corrected chi connectivity index (χ2v) is 8.21. The van der Waals surface area contributed by atoms with Crippen LogP contribution in [0.15, 0.2) is 76.1 Å². The van der Waals surface area contributed by atoms with E-state index in [1.165, 1.54) is 16.7 Å². The highest BCUT2D eigenvalue weighted by molar-refractivity contribution is 9.10. The van der Waals surface area contributed by atoms with E-state index in [2.05, 4.69) is 21.2 Å². The lowest BCUT2D eigenvalue weighted by molar-refractivity contribution is -0.126. The molecule has 27 heavy (non-hydrogen) atoms. The molecule has 0 saturated carbocycles. The summed E-state index contributed by atoms with van der Waals surface area (Å²) in [4.78, 5) is 26.6. The van der Waals surface area contributed by atoms with Gasteiger partial charge in [-0.25, -0.2) is 0 Å². The summed E-state index contributed by atoms with van der Waals surface area (Å²) in [6.45, 7) is -0.114. The van der Waals surface area contributed by atoms with Gasteiger partial charge < -0.3 is 5.32 Å². The Morgan fingerprint density at radius 3 is 2.70 bits per heavy atom. The molecule has 0 bridgehead atoms. The second kappa shape index (κ2) is 9.12. The van der Waals surface area contributed by atoms with Crippen LogP contribution in [0.4, 0.5) is 5.69 Å². The predicted molar refractivity (Wildman–Crippen MR) is 118 cm³/mol. The molecule has 2 aromatic carbocycles. The van der Waals surface area contributed by atoms with Crippen LogP contribution in [0.5, 0.6) is 0 Å². The molecule has 2 aromatic rings. The smallest absolute Gasteiger partial charge is 0.266 e. The number of hydrogen-bond donors (Lipinski definition) is 1. The minimum atomic E-state index is -0.300. The van der Waals surface area contributed by atoms with Crippen LogP contribution >= 0.6 is 39.9 Å². The van der Waals surface area contributed by atoms with Gasteiger partial charge in [-0.1, -0.05) is 88.5 Å². The molecule has 0 unspecified atom stereocenters. The third kappa shape index (κ3) is 5.38. The summed E-state index contributed by atoms with van der Waals surface area (Å²) in [5, 5.41) is 2.77. The molecule has 0 aliphatic carbocycles. The number of thiocarbonyl (C=S) groups is 1. The summed E-state index contributed by atoms with van der Waals surface area (Å²) >= 11 is 9.81. The third-order valence-corrected chi connectivity index (χ3v) is 5.51. The number of anilines is 1. The van der Waals surface area contributed by atoms with E-state index in [0.29, 0.717) is 14.9 Å². The van der Waals surface area contributed by atoms with Crippen molar-refractivity contribution in [1.82, 2.24) is 4.90 Å². The van der Waals surface area contributed by atoms with Crippen LogP contribution in [0.2, 0.25) is 0 Å². The quantitative estimate of drug-likeness (QED) is 0.513. The molecule has 1 N–H and O–H groups in total. The van der Waals surface area contributed by atoms with Crippen LogP contribution in [-0.2, 0) is 9.59 Å². The zero-order valence-corrected chi connectivity index (χ0v) is 17.3. The van der Waals surface area contributed by atoms with Crippen LogP contribution in [0.3, 0.4) is 0 Å². The highest BCUT2D eigenvalue weighted by Gasteiger charge is 2.33. The molecule has 1 aliphatic heterocycles. The first kappa shape index (κ1) is 19.5. The summed E-state index contributed by atoms with van der Waals surface area (Å²) in [6, 6.07) is 17.0. The van der Waals surface area contributed by atoms with Gasteiger partial charge in [0, 0.05) is 10.2 Å². The number of allylic oxidation sites excluding steroid dienone is 2. The van der Waals surface area contributed by atoms with Crippen molar-refractivity contribution in [2.45, 2.75) is 0 Å². The lowest BCUT2D eigenvalue weighted by Gasteiger charge is -2.14. The minimum Gasteiger partial charge on any atom is -0.324 e. The number of hydrogen-bond acceptors (Lipinski definition) is 4. The number of carbonyl (C=O) groups excluding carboxylic acids is 2. The fraction of sp³-hybridized carbons (Fsp3) is 0.0500. The van der Waals surface area contributed by atoms with Gasteiger partial charge in [0.1, 0.15) is 10.9 Å². The first-order chi connectivity index (χ1) is 13.0. The van der Waals surface area contributed by atoms with E-state index >= 15 is 0 Å². The van der Waals surface area contributed by atoms with E-state index in [4.69, 9.17) is 12.2 Å². The van der Waals surface area contributed by atoms with Crippen molar-refractivity contribution in [3.8, 4) is 0 Å². The lowest BCUT2D eigenvalue weighted by atomic mass is 10.2. The minimum absolute atomic E-state index is 0.114. The molecular weight excluding hydrogens is 444 g/mol. The first-order valence-electron chi connectivity index (χ1n) is 8.05. The topological polar surface area (TPSA) is 49.4 Å². The van der Waals surface area contributed by atoms with Crippen LogP contribution in [0.1, 0.15) is 5.56 Å². The van der Waals surface area contributed by atoms with Crippen molar-refractivity contribution in [1.29, 1.82) is 0 Å². The Bertz CT molecular complexity index is 942. The molecule has 0 atom stereocenters. The van der Waals surface area contributed by atoms with Crippen LogP contribution in [0.25, 0.3) is 6.08 Å². The van der Waals surface area contributed by atoms with E-state index in [0.717, 1.165) is 10.0 Å². The Morgan fingerprint density at radius 1 is 1.19 bits per heavy atom. The number of nitrogens with one attached hydrogen (secondary N) is 1. The molecule has 1 saturated heterocycles. The van der Waals surface area contributed by atoms with Crippen molar-refractivity contribution in [3.05, 3.63) is 81.7 Å². The SMILES string of the molecule is O=C(CN1C(=O)/C(=C/C=C/c2ccccc2)SC1=S)Nc1cccc(Br)c1. The molecule has 4 nitrogen and oxygen atoms in total. The molecule has 1 aliphatic rings. The molecular formula is C20H15BrN2O2S2. The van der Waals surface area contributed by atoms with Gasteiger partial charge >= 0.3 is 0 Å². The van der Waals surface area contributed by atoms with Crippen LogP contribution in [-0.4, -0.2) is 27.6 Å². The first-order valence-corrected chi connectivity index (χ1v) is 10.1. The molecule has 0 radical (unpaired) electrons. The average molecular weight is 459 g/mol. The Balaban J connectivity index is 1.62. The number of thioether (sulfide) groups is 1. The fourth-order valence-corrected chi connectivity index (χ4v) is 3.98. The van der Waals surface area contributed by atoms with Gasteiger partial charge in [0.15, 0.2) is 0 Å². The van der Waals surface area contributed by atoms with Crippen molar-refractivity contribution >= 4 is 67.8 Å². The Morgan fingerprint density at radius 2 is 1.96 bits per heavy atom. The maximum Gasteiger partial charge on any atom is 0.266 e. The lowest BCUT2D eigenvalue weighted by Crippen LogP contribution is -2.36. The van der Waals surface area contributed by atoms with Gasteiger partial charge in [-0.3, -0.25) is 14.5 Å². The Hall–Kier alpha value is -2.22. The Labute approximate surface area is 175 Å². The number of halogens is 1. The van der Waals surface area contributed by atoms with Gasteiger partial charge in [-0.2, -0.15) is 0 Å². The number of benzene rings is 2. The van der Waals surface area contributed by atoms with E-state index in [9.17, 15) is 9.59 Å². The highest BCUT2D eigenvalue weighted by Crippen LogP contribution is 2.31. The summed E-state index contributed by atoms with van der Waals surface area (Å²) in [7, 11) is 0. The van der Waals surface area contributed by atoms with E-state index < -0.39 is 0 Å². The van der Waals surface area contributed by atoms with Crippen molar-refractivity contribution < 1.29 is 9.59 Å². The van der Waals surface area contributed by atoms with Gasteiger partial charge in [0.05, 0.1) is 4.91 Å². The summed E-state index contributed by atoms with van der Waals surface area (Å²) in [5.74, 6) is -0.558. The normalized spacial score (nSPS) is 15.7. The summed E-state index contributed by atoms with van der Waals surface area (Å²) < 4.78 is 1.24. The van der Waals surface area contributed by atoms with E-state index in [-0.39, 0.29) is 18.4 Å². The molecule has 7 heteroatoms. The summed E-state index contributed by atoms with van der Waals surface area (Å²) in [5.41, 5.74) is 1.69. The monoisotopic (exact) mass is 458 g/mol. The number of carbonyl (C=O) groups is 2. The molecule has 2 amide bonds. The second-order valence-electron chi connectivity index (χ2n) is 5.62.